The van der Waals surface area contributed by atoms with Crippen molar-refractivity contribution in [3.8, 4) is 5.69 Å². The fourth-order valence-electron chi connectivity index (χ4n) is 1.87. The Morgan fingerprint density at radius 3 is 2.47 bits per heavy atom. The third-order valence-corrected chi connectivity index (χ3v) is 3.52. The zero-order valence-electron chi connectivity index (χ0n) is 10.2. The highest BCUT2D eigenvalue weighted by atomic mass is 32.1. The summed E-state index contributed by atoms with van der Waals surface area (Å²) in [5.41, 5.74) is 1.59. The minimum absolute atomic E-state index is 0.453. The first kappa shape index (κ1) is 14.3. The first-order valence-corrected chi connectivity index (χ1v) is 7.01. The van der Waals surface area contributed by atoms with Crippen LogP contribution in [0, 0.1) is 4.77 Å². The Labute approximate surface area is 122 Å². The van der Waals surface area contributed by atoms with Gasteiger partial charge in [-0.3, -0.25) is 4.57 Å². The molecule has 4 nitrogen and oxygen atoms in total. The van der Waals surface area contributed by atoms with E-state index in [1.165, 1.54) is 0 Å². The predicted molar refractivity (Wildman–Crippen MR) is 80.4 cm³/mol. The number of aliphatic hydroxyl groups is 2. The number of thiol groups is 1. The summed E-state index contributed by atoms with van der Waals surface area (Å²) in [4.78, 5) is 2.92. The van der Waals surface area contributed by atoms with E-state index in [9.17, 15) is 10.2 Å². The van der Waals surface area contributed by atoms with Gasteiger partial charge < -0.3 is 15.2 Å². The second kappa shape index (κ2) is 6.38. The summed E-state index contributed by atoms with van der Waals surface area (Å²) in [6.45, 7) is 0. The Morgan fingerprint density at radius 2 is 1.95 bits per heavy atom. The molecule has 0 saturated heterocycles. The highest BCUT2D eigenvalue weighted by molar-refractivity contribution is 7.80. The fraction of sp³-hybridized carbons (Fsp3) is 0.308. The molecule has 0 bridgehead atoms. The van der Waals surface area contributed by atoms with Crippen molar-refractivity contribution in [3.05, 3.63) is 47.0 Å². The molecule has 6 heteroatoms. The lowest BCUT2D eigenvalue weighted by Gasteiger charge is -2.17. The van der Waals surface area contributed by atoms with Crippen molar-refractivity contribution in [1.29, 1.82) is 0 Å². The van der Waals surface area contributed by atoms with Crippen LogP contribution in [0.2, 0.25) is 0 Å². The normalized spacial score (nSPS) is 14.3. The van der Waals surface area contributed by atoms with Crippen molar-refractivity contribution in [3.63, 3.8) is 0 Å². The van der Waals surface area contributed by atoms with E-state index in [1.807, 2.05) is 22.9 Å². The van der Waals surface area contributed by atoms with Gasteiger partial charge in [0, 0.05) is 18.1 Å². The summed E-state index contributed by atoms with van der Waals surface area (Å²) in [5.74, 6) is 0.537. The number of nitrogens with one attached hydrogen (secondary N) is 1. The molecule has 1 aromatic carbocycles. The largest absolute Gasteiger partial charge is 0.390 e. The minimum atomic E-state index is -0.889. The van der Waals surface area contributed by atoms with Gasteiger partial charge in [0.05, 0.1) is 6.10 Å². The number of aliphatic hydroxyl groups excluding tert-OH is 2. The average Bonchev–Trinajstić information content (AvgIpc) is 2.84. The SMILES string of the molecule is OC(CCS)C(O)c1ccc(-n2cc[nH]c2=S)cc1. The summed E-state index contributed by atoms with van der Waals surface area (Å²) >= 11 is 9.18. The molecule has 0 saturated carbocycles. The Kier molecular flexibility index (Phi) is 4.81. The number of H-pyrrole nitrogens is 1. The van der Waals surface area contributed by atoms with Gasteiger partial charge in [0.15, 0.2) is 4.77 Å². The highest BCUT2D eigenvalue weighted by Crippen LogP contribution is 2.21. The van der Waals surface area contributed by atoms with Crippen molar-refractivity contribution in [1.82, 2.24) is 9.55 Å². The van der Waals surface area contributed by atoms with E-state index < -0.39 is 12.2 Å². The maximum Gasteiger partial charge on any atom is 0.181 e. The van der Waals surface area contributed by atoms with Crippen LogP contribution in [0.1, 0.15) is 18.1 Å². The molecule has 1 aromatic heterocycles. The zero-order chi connectivity index (χ0) is 13.8. The number of aromatic amines is 1. The van der Waals surface area contributed by atoms with E-state index in [0.717, 1.165) is 5.69 Å². The molecule has 3 N–H and O–H groups in total. The number of imidazole rings is 1. The Hall–Kier alpha value is -1.08. The van der Waals surface area contributed by atoms with E-state index in [2.05, 4.69) is 17.6 Å². The molecule has 0 aliphatic heterocycles. The summed E-state index contributed by atoms with van der Waals surface area (Å²) < 4.78 is 2.44. The lowest BCUT2D eigenvalue weighted by Crippen LogP contribution is -2.18. The van der Waals surface area contributed by atoms with Crippen LogP contribution >= 0.6 is 24.8 Å². The molecule has 0 fully saturated rings. The van der Waals surface area contributed by atoms with Crippen LogP contribution in [0.4, 0.5) is 0 Å². The molecule has 2 aromatic rings. The molecule has 0 aliphatic carbocycles. The van der Waals surface area contributed by atoms with Crippen LogP contribution in [0.5, 0.6) is 0 Å². The molecule has 19 heavy (non-hydrogen) atoms. The Morgan fingerprint density at radius 1 is 1.26 bits per heavy atom. The van der Waals surface area contributed by atoms with Crippen molar-refractivity contribution >= 4 is 24.8 Å². The second-order valence-electron chi connectivity index (χ2n) is 4.25. The standard InChI is InChI=1S/C13H16N2O2S2/c16-11(5-8-18)12(17)9-1-3-10(4-2-9)15-7-6-14-13(15)19/h1-4,6-7,11-12,16-18H,5,8H2,(H,14,19). The summed E-state index contributed by atoms with van der Waals surface area (Å²) in [6.07, 6.45) is 2.37. The number of rotatable bonds is 5. The van der Waals surface area contributed by atoms with E-state index in [-0.39, 0.29) is 0 Å². The Bertz CT molecular complexity index is 577. The third kappa shape index (κ3) is 3.27. The lowest BCUT2D eigenvalue weighted by atomic mass is 10.0. The zero-order valence-corrected chi connectivity index (χ0v) is 11.9. The molecule has 2 rings (SSSR count). The molecule has 0 spiro atoms. The monoisotopic (exact) mass is 296 g/mol. The van der Waals surface area contributed by atoms with Gasteiger partial charge in [-0.25, -0.2) is 0 Å². The van der Waals surface area contributed by atoms with Crippen LogP contribution in [0.25, 0.3) is 5.69 Å². The van der Waals surface area contributed by atoms with Crippen LogP contribution in [-0.4, -0.2) is 31.6 Å². The number of aromatic nitrogens is 2. The summed E-state index contributed by atoms with van der Waals surface area (Å²) in [7, 11) is 0. The first-order chi connectivity index (χ1) is 9.13. The van der Waals surface area contributed by atoms with Crippen LogP contribution in [0.3, 0.4) is 0 Å². The van der Waals surface area contributed by atoms with Gasteiger partial charge in [0.25, 0.3) is 0 Å². The van der Waals surface area contributed by atoms with Gasteiger partial charge in [-0.15, -0.1) is 0 Å². The quantitative estimate of drug-likeness (QED) is 0.505. The number of nitrogens with zero attached hydrogens (tertiary/aromatic N) is 1. The molecule has 102 valence electrons. The van der Waals surface area contributed by atoms with Gasteiger partial charge in [0.1, 0.15) is 6.10 Å². The molecular formula is C13H16N2O2S2. The van der Waals surface area contributed by atoms with E-state index in [1.54, 1.807) is 18.3 Å². The van der Waals surface area contributed by atoms with Gasteiger partial charge >= 0.3 is 0 Å². The van der Waals surface area contributed by atoms with Crippen LogP contribution < -0.4 is 0 Å². The fourth-order valence-corrected chi connectivity index (χ4v) is 2.37. The maximum absolute atomic E-state index is 9.98. The van der Waals surface area contributed by atoms with E-state index in [4.69, 9.17) is 12.2 Å². The van der Waals surface area contributed by atoms with Gasteiger partial charge in [-0.2, -0.15) is 12.6 Å². The minimum Gasteiger partial charge on any atom is -0.390 e. The lowest BCUT2D eigenvalue weighted by molar-refractivity contribution is 0.0172. The van der Waals surface area contributed by atoms with Crippen molar-refractivity contribution in [2.45, 2.75) is 18.6 Å². The van der Waals surface area contributed by atoms with Crippen LogP contribution in [0.15, 0.2) is 36.7 Å². The number of hydrogen-bond acceptors (Lipinski definition) is 4. The topological polar surface area (TPSA) is 61.2 Å². The third-order valence-electron chi connectivity index (χ3n) is 2.95. The average molecular weight is 296 g/mol. The predicted octanol–water partition coefficient (Wildman–Crippen LogP) is 2.25. The summed E-state index contributed by atoms with van der Waals surface area (Å²) in [6, 6.07) is 7.29. The van der Waals surface area contributed by atoms with Crippen LogP contribution in [-0.2, 0) is 0 Å². The van der Waals surface area contributed by atoms with Gasteiger partial charge in [-0.1, -0.05) is 12.1 Å². The molecule has 2 atom stereocenters. The molecule has 0 aliphatic rings. The number of benzene rings is 1. The molecular weight excluding hydrogens is 280 g/mol. The highest BCUT2D eigenvalue weighted by Gasteiger charge is 2.17. The number of hydrogen-bond donors (Lipinski definition) is 4. The van der Waals surface area contributed by atoms with Gasteiger partial charge in [0.2, 0.25) is 0 Å². The second-order valence-corrected chi connectivity index (χ2v) is 5.09. The maximum atomic E-state index is 9.98. The van der Waals surface area contributed by atoms with Crippen molar-refractivity contribution in [2.75, 3.05) is 5.75 Å². The van der Waals surface area contributed by atoms with Gasteiger partial charge in [-0.05, 0) is 42.1 Å². The molecule has 0 radical (unpaired) electrons. The summed E-state index contributed by atoms with van der Waals surface area (Å²) in [5, 5.41) is 19.7. The van der Waals surface area contributed by atoms with E-state index >= 15 is 0 Å². The van der Waals surface area contributed by atoms with Crippen molar-refractivity contribution < 1.29 is 10.2 Å². The van der Waals surface area contributed by atoms with Crippen molar-refractivity contribution in [2.24, 2.45) is 0 Å². The molecule has 0 amide bonds. The molecule has 2 unspecified atom stereocenters. The smallest absolute Gasteiger partial charge is 0.181 e. The van der Waals surface area contributed by atoms with E-state index in [0.29, 0.717) is 22.5 Å². The first-order valence-electron chi connectivity index (χ1n) is 5.97. The Balaban J connectivity index is 2.19. The molecule has 1 heterocycles.